The summed E-state index contributed by atoms with van der Waals surface area (Å²) >= 11 is 0. The highest BCUT2D eigenvalue weighted by Gasteiger charge is 2.46. The van der Waals surface area contributed by atoms with Crippen LogP contribution < -0.4 is 5.32 Å². The third-order valence-corrected chi connectivity index (χ3v) is 8.19. The number of benzene rings is 2. The standard InChI is InChI=1S/C19H21F3N2O5S2/c1-4-24(5-2)31(28,29)17-12-15(9-6-13(17)3)23-18(25)14-7-10-16(11-8-14)30(26,27)19(20,21)22/h6-12H,4-5H2,1-3H3,(H,23,25). The molecular formula is C19H21F3N2O5S2. The van der Waals surface area contributed by atoms with E-state index in [2.05, 4.69) is 5.32 Å². The van der Waals surface area contributed by atoms with Crippen molar-refractivity contribution in [3.05, 3.63) is 53.6 Å². The molecule has 31 heavy (non-hydrogen) atoms. The van der Waals surface area contributed by atoms with Gasteiger partial charge in [-0.25, -0.2) is 16.8 Å². The average Bonchev–Trinajstić information content (AvgIpc) is 2.69. The van der Waals surface area contributed by atoms with Crippen LogP contribution in [0.4, 0.5) is 18.9 Å². The van der Waals surface area contributed by atoms with E-state index in [-0.39, 0.29) is 29.2 Å². The molecule has 0 fully saturated rings. The zero-order valence-electron chi connectivity index (χ0n) is 16.9. The maximum Gasteiger partial charge on any atom is 0.501 e. The first-order valence-electron chi connectivity index (χ1n) is 9.09. The predicted molar refractivity (Wildman–Crippen MR) is 109 cm³/mol. The van der Waals surface area contributed by atoms with Gasteiger partial charge in [-0.3, -0.25) is 4.79 Å². The van der Waals surface area contributed by atoms with Crippen molar-refractivity contribution in [1.29, 1.82) is 0 Å². The zero-order valence-corrected chi connectivity index (χ0v) is 18.5. The van der Waals surface area contributed by atoms with Crippen LogP contribution in [0.15, 0.2) is 52.3 Å². The molecule has 0 heterocycles. The van der Waals surface area contributed by atoms with E-state index in [0.29, 0.717) is 17.7 Å². The lowest BCUT2D eigenvalue weighted by Crippen LogP contribution is -2.31. The molecule has 12 heteroatoms. The number of halogens is 3. The summed E-state index contributed by atoms with van der Waals surface area (Å²) < 4.78 is 87.5. The largest absolute Gasteiger partial charge is 0.501 e. The van der Waals surface area contributed by atoms with Gasteiger partial charge in [-0.1, -0.05) is 19.9 Å². The van der Waals surface area contributed by atoms with E-state index in [1.54, 1.807) is 20.8 Å². The first-order valence-corrected chi connectivity index (χ1v) is 12.0. The Morgan fingerprint density at radius 3 is 2.00 bits per heavy atom. The van der Waals surface area contributed by atoms with Crippen molar-refractivity contribution in [1.82, 2.24) is 4.31 Å². The van der Waals surface area contributed by atoms with Crippen LogP contribution in [0.3, 0.4) is 0 Å². The molecule has 0 aliphatic carbocycles. The van der Waals surface area contributed by atoms with Crippen LogP contribution >= 0.6 is 0 Å². The van der Waals surface area contributed by atoms with Gasteiger partial charge < -0.3 is 5.32 Å². The summed E-state index contributed by atoms with van der Waals surface area (Å²) in [5.41, 5.74) is -4.92. The van der Waals surface area contributed by atoms with Crippen molar-refractivity contribution in [2.75, 3.05) is 18.4 Å². The summed E-state index contributed by atoms with van der Waals surface area (Å²) in [4.78, 5) is 11.4. The fourth-order valence-electron chi connectivity index (χ4n) is 2.78. The molecule has 0 bridgehead atoms. The summed E-state index contributed by atoms with van der Waals surface area (Å²) in [5.74, 6) is -0.744. The molecule has 1 amide bonds. The number of hydrogen-bond acceptors (Lipinski definition) is 5. The van der Waals surface area contributed by atoms with Crippen LogP contribution in [0.1, 0.15) is 29.8 Å². The van der Waals surface area contributed by atoms with Crippen LogP contribution in [-0.4, -0.2) is 45.6 Å². The van der Waals surface area contributed by atoms with Crippen molar-refractivity contribution in [3.63, 3.8) is 0 Å². The van der Waals surface area contributed by atoms with Gasteiger partial charge in [0.1, 0.15) is 0 Å². The highest BCUT2D eigenvalue weighted by atomic mass is 32.2. The van der Waals surface area contributed by atoms with Gasteiger partial charge in [0.25, 0.3) is 15.7 Å². The Hall–Kier alpha value is -2.44. The van der Waals surface area contributed by atoms with Crippen LogP contribution in [0, 0.1) is 6.92 Å². The summed E-state index contributed by atoms with van der Waals surface area (Å²) in [7, 11) is -9.30. The van der Waals surface area contributed by atoms with Crippen molar-refractivity contribution in [2.24, 2.45) is 0 Å². The number of carbonyl (C=O) groups excluding carboxylic acids is 1. The number of amides is 1. The van der Waals surface area contributed by atoms with Gasteiger partial charge in [0.15, 0.2) is 0 Å². The van der Waals surface area contributed by atoms with Gasteiger partial charge in [0, 0.05) is 24.3 Å². The SMILES string of the molecule is CCN(CC)S(=O)(=O)c1cc(NC(=O)c2ccc(S(=O)(=O)C(F)(F)F)cc2)ccc1C. The summed E-state index contributed by atoms with van der Waals surface area (Å²) in [6.45, 7) is 5.54. The number of sulfone groups is 1. The number of sulfonamides is 1. The monoisotopic (exact) mass is 478 g/mol. The second kappa shape index (κ2) is 8.97. The third kappa shape index (κ3) is 5.08. The number of carbonyl (C=O) groups is 1. The first-order chi connectivity index (χ1) is 14.3. The van der Waals surface area contributed by atoms with E-state index in [0.717, 1.165) is 12.1 Å². The van der Waals surface area contributed by atoms with E-state index in [9.17, 15) is 34.8 Å². The molecule has 2 rings (SSSR count). The van der Waals surface area contributed by atoms with E-state index >= 15 is 0 Å². The van der Waals surface area contributed by atoms with E-state index < -0.39 is 36.2 Å². The molecule has 170 valence electrons. The van der Waals surface area contributed by atoms with Gasteiger partial charge in [-0.2, -0.15) is 17.5 Å². The van der Waals surface area contributed by atoms with E-state index in [1.807, 2.05) is 0 Å². The lowest BCUT2D eigenvalue weighted by Gasteiger charge is -2.20. The molecular weight excluding hydrogens is 457 g/mol. The minimum atomic E-state index is -5.52. The summed E-state index contributed by atoms with van der Waals surface area (Å²) in [6.07, 6.45) is 0. The number of hydrogen-bond donors (Lipinski definition) is 1. The second-order valence-electron chi connectivity index (χ2n) is 6.50. The van der Waals surface area contributed by atoms with Crippen molar-refractivity contribution in [3.8, 4) is 0 Å². The molecule has 7 nitrogen and oxygen atoms in total. The van der Waals surface area contributed by atoms with Crippen molar-refractivity contribution < 1.29 is 34.8 Å². The average molecular weight is 479 g/mol. The zero-order chi connectivity index (χ0) is 23.6. The third-order valence-electron chi connectivity index (χ3n) is 4.50. The molecule has 0 radical (unpaired) electrons. The smallest absolute Gasteiger partial charge is 0.322 e. The fourth-order valence-corrected chi connectivity index (χ4v) is 5.25. The molecule has 0 aliphatic heterocycles. The second-order valence-corrected chi connectivity index (χ2v) is 10.3. The Kier molecular flexibility index (Phi) is 7.18. The van der Waals surface area contributed by atoms with E-state index in [1.165, 1.54) is 22.5 Å². The molecule has 0 spiro atoms. The first kappa shape index (κ1) is 24.8. The Labute approximate surface area is 178 Å². The van der Waals surface area contributed by atoms with Gasteiger partial charge in [-0.05, 0) is 48.9 Å². The molecule has 1 N–H and O–H groups in total. The molecule has 2 aromatic carbocycles. The maximum absolute atomic E-state index is 12.8. The minimum absolute atomic E-state index is 0.0145. The Balaban J connectivity index is 2.31. The normalized spacial score (nSPS) is 12.7. The van der Waals surface area contributed by atoms with Gasteiger partial charge in [0.05, 0.1) is 9.79 Å². The van der Waals surface area contributed by atoms with Gasteiger partial charge in [-0.15, -0.1) is 0 Å². The van der Waals surface area contributed by atoms with Crippen LogP contribution in [0.25, 0.3) is 0 Å². The van der Waals surface area contributed by atoms with Gasteiger partial charge in [0.2, 0.25) is 10.0 Å². The number of rotatable bonds is 7. The highest BCUT2D eigenvalue weighted by molar-refractivity contribution is 7.92. The van der Waals surface area contributed by atoms with Crippen LogP contribution in [-0.2, 0) is 19.9 Å². The molecule has 0 aromatic heterocycles. The minimum Gasteiger partial charge on any atom is -0.322 e. The Bertz CT molecular complexity index is 1170. The maximum atomic E-state index is 12.8. The number of nitrogens with zero attached hydrogens (tertiary/aromatic N) is 1. The topological polar surface area (TPSA) is 101 Å². The Morgan fingerprint density at radius 1 is 0.968 bits per heavy atom. The Morgan fingerprint density at radius 2 is 1.52 bits per heavy atom. The number of aryl methyl sites for hydroxylation is 1. The van der Waals surface area contributed by atoms with Crippen molar-refractivity contribution in [2.45, 2.75) is 36.1 Å². The summed E-state index contributed by atoms with van der Waals surface area (Å²) in [5, 5.41) is 2.47. The molecule has 0 saturated carbocycles. The predicted octanol–water partition coefficient (Wildman–Crippen LogP) is 3.57. The number of anilines is 1. The number of alkyl halides is 3. The van der Waals surface area contributed by atoms with E-state index in [4.69, 9.17) is 0 Å². The molecule has 0 unspecified atom stereocenters. The lowest BCUT2D eigenvalue weighted by molar-refractivity contribution is -0.0436. The van der Waals surface area contributed by atoms with Crippen LogP contribution in [0.5, 0.6) is 0 Å². The highest BCUT2D eigenvalue weighted by Crippen LogP contribution is 2.30. The quantitative estimate of drug-likeness (QED) is 0.656. The lowest BCUT2D eigenvalue weighted by atomic mass is 10.2. The molecule has 0 atom stereocenters. The number of nitrogens with one attached hydrogen (secondary N) is 1. The summed E-state index contributed by atoms with van der Waals surface area (Å²) in [6, 6.07) is 7.54. The van der Waals surface area contributed by atoms with Crippen molar-refractivity contribution >= 4 is 31.5 Å². The van der Waals surface area contributed by atoms with Gasteiger partial charge >= 0.3 is 5.51 Å². The molecule has 0 saturated heterocycles. The molecule has 0 aliphatic rings. The molecule has 2 aromatic rings. The fraction of sp³-hybridized carbons (Fsp3) is 0.316. The van der Waals surface area contributed by atoms with Crippen LogP contribution in [0.2, 0.25) is 0 Å².